The van der Waals surface area contributed by atoms with Crippen LogP contribution in [0, 0.1) is 18.8 Å². The van der Waals surface area contributed by atoms with Crippen molar-refractivity contribution in [2.75, 3.05) is 14.2 Å². The van der Waals surface area contributed by atoms with Gasteiger partial charge in [-0.1, -0.05) is 24.1 Å². The minimum Gasteiger partial charge on any atom is -0.468 e. The SMILES string of the molecule is COC(=O)C(C(=O)OC)C1CCCC1NS(=O)(=O)c1ccc(C)cc1. The number of sulfonamides is 1. The van der Waals surface area contributed by atoms with Crippen molar-refractivity contribution in [2.45, 2.75) is 37.1 Å². The lowest BCUT2D eigenvalue weighted by Gasteiger charge is -2.25. The molecule has 8 heteroatoms. The predicted octanol–water partition coefficient (Wildman–Crippen LogP) is 1.40. The molecule has 0 aromatic heterocycles. The molecule has 2 unspecified atom stereocenters. The molecule has 1 aliphatic rings. The monoisotopic (exact) mass is 369 g/mol. The number of aryl methyl sites for hydroxylation is 1. The molecule has 2 rings (SSSR count). The Morgan fingerprint density at radius 2 is 1.64 bits per heavy atom. The fraction of sp³-hybridized carbons (Fsp3) is 0.529. The van der Waals surface area contributed by atoms with E-state index in [4.69, 9.17) is 9.47 Å². The second-order valence-electron chi connectivity index (χ2n) is 6.16. The fourth-order valence-electron chi connectivity index (χ4n) is 3.22. The van der Waals surface area contributed by atoms with E-state index in [1.165, 1.54) is 26.4 Å². The van der Waals surface area contributed by atoms with E-state index in [9.17, 15) is 18.0 Å². The minimum atomic E-state index is -3.75. The van der Waals surface area contributed by atoms with E-state index < -0.39 is 39.8 Å². The Morgan fingerprint density at radius 3 is 2.16 bits per heavy atom. The van der Waals surface area contributed by atoms with Crippen LogP contribution in [0.5, 0.6) is 0 Å². The molecule has 1 aromatic rings. The number of nitrogens with one attached hydrogen (secondary N) is 1. The lowest BCUT2D eigenvalue weighted by atomic mass is 9.88. The first-order valence-corrected chi connectivity index (χ1v) is 9.53. The van der Waals surface area contributed by atoms with Crippen LogP contribution in [-0.2, 0) is 29.1 Å². The van der Waals surface area contributed by atoms with Gasteiger partial charge in [0.15, 0.2) is 5.92 Å². The van der Waals surface area contributed by atoms with Gasteiger partial charge < -0.3 is 9.47 Å². The van der Waals surface area contributed by atoms with Gasteiger partial charge in [-0.05, 0) is 37.8 Å². The van der Waals surface area contributed by atoms with E-state index >= 15 is 0 Å². The molecular weight excluding hydrogens is 346 g/mol. The second-order valence-corrected chi connectivity index (χ2v) is 7.87. The van der Waals surface area contributed by atoms with Crippen LogP contribution in [0.15, 0.2) is 29.2 Å². The first-order valence-electron chi connectivity index (χ1n) is 8.05. The number of ether oxygens (including phenoxy) is 2. The molecule has 0 aliphatic heterocycles. The highest BCUT2D eigenvalue weighted by atomic mass is 32.2. The van der Waals surface area contributed by atoms with E-state index in [0.717, 1.165) is 5.56 Å². The van der Waals surface area contributed by atoms with Crippen LogP contribution >= 0.6 is 0 Å². The number of hydrogen-bond acceptors (Lipinski definition) is 6. The Kier molecular flexibility index (Phi) is 6.18. The van der Waals surface area contributed by atoms with Crippen LogP contribution < -0.4 is 4.72 Å². The molecule has 0 saturated heterocycles. The zero-order chi connectivity index (χ0) is 18.6. The summed E-state index contributed by atoms with van der Waals surface area (Å²) in [5, 5.41) is 0. The first kappa shape index (κ1) is 19.4. The van der Waals surface area contributed by atoms with E-state index in [2.05, 4.69) is 4.72 Å². The summed E-state index contributed by atoms with van der Waals surface area (Å²) in [5.74, 6) is -3.06. The van der Waals surface area contributed by atoms with Crippen LogP contribution in [0.2, 0.25) is 0 Å². The summed E-state index contributed by atoms with van der Waals surface area (Å²) in [6.07, 6.45) is 1.78. The van der Waals surface area contributed by atoms with E-state index in [0.29, 0.717) is 19.3 Å². The van der Waals surface area contributed by atoms with Gasteiger partial charge >= 0.3 is 11.9 Å². The average molecular weight is 369 g/mol. The van der Waals surface area contributed by atoms with Gasteiger partial charge in [-0.25, -0.2) is 13.1 Å². The van der Waals surface area contributed by atoms with Crippen LogP contribution in [0.3, 0.4) is 0 Å². The van der Waals surface area contributed by atoms with Crippen molar-refractivity contribution >= 4 is 22.0 Å². The molecule has 0 heterocycles. The standard InChI is InChI=1S/C17H23NO6S/c1-11-7-9-12(10-8-11)25(21,22)18-14-6-4-5-13(14)15(16(19)23-2)17(20)24-3/h7-10,13-15,18H,4-6H2,1-3H3. The highest BCUT2D eigenvalue weighted by Crippen LogP contribution is 2.34. The zero-order valence-corrected chi connectivity index (χ0v) is 15.3. The van der Waals surface area contributed by atoms with Crippen LogP contribution in [-0.4, -0.2) is 40.6 Å². The van der Waals surface area contributed by atoms with E-state index in [1.807, 2.05) is 6.92 Å². The lowest BCUT2D eigenvalue weighted by molar-refractivity contribution is -0.161. The van der Waals surface area contributed by atoms with Gasteiger partial charge in [0.1, 0.15) is 0 Å². The highest BCUT2D eigenvalue weighted by molar-refractivity contribution is 7.89. The predicted molar refractivity (Wildman–Crippen MR) is 90.2 cm³/mol. The number of hydrogen-bond donors (Lipinski definition) is 1. The zero-order valence-electron chi connectivity index (χ0n) is 14.5. The lowest BCUT2D eigenvalue weighted by Crippen LogP contribution is -2.44. The Labute approximate surface area is 147 Å². The molecule has 1 fully saturated rings. The quantitative estimate of drug-likeness (QED) is 0.601. The molecule has 0 radical (unpaired) electrons. The van der Waals surface area contributed by atoms with E-state index in [1.54, 1.807) is 12.1 Å². The molecule has 25 heavy (non-hydrogen) atoms. The maximum atomic E-state index is 12.6. The smallest absolute Gasteiger partial charge is 0.320 e. The number of carbonyl (C=O) groups is 2. The van der Waals surface area contributed by atoms with Crippen molar-refractivity contribution in [1.82, 2.24) is 4.72 Å². The third-order valence-corrected chi connectivity index (χ3v) is 6.05. The van der Waals surface area contributed by atoms with Gasteiger partial charge in [-0.15, -0.1) is 0 Å². The van der Waals surface area contributed by atoms with Crippen LogP contribution in [0.1, 0.15) is 24.8 Å². The maximum Gasteiger partial charge on any atom is 0.320 e. The molecule has 1 N–H and O–H groups in total. The molecule has 1 saturated carbocycles. The minimum absolute atomic E-state index is 0.149. The van der Waals surface area contributed by atoms with Gasteiger partial charge in [0.05, 0.1) is 19.1 Å². The topological polar surface area (TPSA) is 98.8 Å². The summed E-state index contributed by atoms with van der Waals surface area (Å²) < 4.78 is 37.3. The molecular formula is C17H23NO6S. The molecule has 138 valence electrons. The fourth-order valence-corrected chi connectivity index (χ4v) is 4.54. The van der Waals surface area contributed by atoms with Crippen molar-refractivity contribution < 1.29 is 27.5 Å². The molecule has 7 nitrogen and oxygen atoms in total. The number of carbonyl (C=O) groups excluding carboxylic acids is 2. The summed E-state index contributed by atoms with van der Waals surface area (Å²) >= 11 is 0. The Balaban J connectivity index is 2.24. The number of rotatable bonds is 6. The van der Waals surface area contributed by atoms with Gasteiger partial charge in [-0.3, -0.25) is 9.59 Å². The van der Waals surface area contributed by atoms with Crippen molar-refractivity contribution in [3.63, 3.8) is 0 Å². The molecule has 1 aliphatic carbocycles. The number of methoxy groups -OCH3 is 2. The normalized spacial score (nSPS) is 20.5. The Hall–Kier alpha value is -1.93. The summed E-state index contributed by atoms with van der Waals surface area (Å²) in [6.45, 7) is 1.87. The van der Waals surface area contributed by atoms with Crippen LogP contribution in [0.4, 0.5) is 0 Å². The maximum absolute atomic E-state index is 12.6. The van der Waals surface area contributed by atoms with Crippen molar-refractivity contribution in [2.24, 2.45) is 11.8 Å². The van der Waals surface area contributed by atoms with Crippen molar-refractivity contribution in [3.8, 4) is 0 Å². The summed E-state index contributed by atoms with van der Waals surface area (Å²) in [4.78, 5) is 24.2. The largest absolute Gasteiger partial charge is 0.468 e. The van der Waals surface area contributed by atoms with Crippen LogP contribution in [0.25, 0.3) is 0 Å². The van der Waals surface area contributed by atoms with Crippen molar-refractivity contribution in [1.29, 1.82) is 0 Å². The second kappa shape index (κ2) is 7.97. The number of esters is 2. The Morgan fingerprint density at radius 1 is 1.08 bits per heavy atom. The van der Waals surface area contributed by atoms with Gasteiger partial charge in [-0.2, -0.15) is 0 Å². The summed E-state index contributed by atoms with van der Waals surface area (Å²) in [5.41, 5.74) is 0.953. The van der Waals surface area contributed by atoms with Gasteiger partial charge in [0, 0.05) is 6.04 Å². The first-order chi connectivity index (χ1) is 11.8. The Bertz CT molecular complexity index is 712. The molecule has 0 bridgehead atoms. The molecule has 2 atom stereocenters. The van der Waals surface area contributed by atoms with E-state index in [-0.39, 0.29) is 4.90 Å². The van der Waals surface area contributed by atoms with Gasteiger partial charge in [0.25, 0.3) is 0 Å². The highest BCUT2D eigenvalue weighted by Gasteiger charge is 2.44. The molecule has 0 spiro atoms. The average Bonchev–Trinajstić information content (AvgIpc) is 3.02. The summed E-state index contributed by atoms with van der Waals surface area (Å²) in [7, 11) is -1.36. The van der Waals surface area contributed by atoms with Crippen molar-refractivity contribution in [3.05, 3.63) is 29.8 Å². The number of benzene rings is 1. The third-order valence-electron chi connectivity index (χ3n) is 4.55. The molecule has 1 aromatic carbocycles. The summed E-state index contributed by atoms with van der Waals surface area (Å²) in [6, 6.07) is 5.95. The third kappa shape index (κ3) is 4.38. The molecule has 0 amide bonds. The van der Waals surface area contributed by atoms with Gasteiger partial charge in [0.2, 0.25) is 10.0 Å².